The number of rotatable bonds is 7. The maximum absolute atomic E-state index is 11.0. The van der Waals surface area contributed by atoms with Crippen molar-refractivity contribution in [1.29, 1.82) is 0 Å². The van der Waals surface area contributed by atoms with Crippen molar-refractivity contribution >= 4 is 17.9 Å². The van der Waals surface area contributed by atoms with Crippen molar-refractivity contribution in [3.63, 3.8) is 0 Å². The highest BCUT2D eigenvalue weighted by atomic mass is 16.6. The van der Waals surface area contributed by atoms with Gasteiger partial charge in [0.1, 0.15) is 6.61 Å². The second kappa shape index (κ2) is 8.29. The van der Waals surface area contributed by atoms with Gasteiger partial charge in [-0.3, -0.25) is 10.1 Å². The zero-order valence-electron chi connectivity index (χ0n) is 13.5. The quantitative estimate of drug-likeness (QED) is 0.340. The highest BCUT2D eigenvalue weighted by Crippen LogP contribution is 2.29. The number of hydrogen-bond donors (Lipinski definition) is 2. The molecule has 0 amide bonds. The van der Waals surface area contributed by atoms with E-state index >= 15 is 0 Å². The van der Waals surface area contributed by atoms with E-state index in [1.807, 2.05) is 0 Å². The fourth-order valence-electron chi connectivity index (χ4n) is 2.01. The molecule has 0 aliphatic carbocycles. The molecule has 0 unspecified atom stereocenters. The highest BCUT2D eigenvalue weighted by molar-refractivity contribution is 5.82. The van der Waals surface area contributed by atoms with E-state index in [-0.39, 0.29) is 18.3 Å². The molecule has 2 aromatic rings. The molecule has 0 saturated heterocycles. The number of nitrogens with zero attached hydrogens (tertiary/aromatic N) is 3. The number of hydrogen-bond acceptors (Lipinski definition) is 6. The predicted octanol–water partition coefficient (Wildman–Crippen LogP) is 1.79. The van der Waals surface area contributed by atoms with Crippen LogP contribution in [0.15, 0.2) is 52.7 Å². The summed E-state index contributed by atoms with van der Waals surface area (Å²) in [5.41, 5.74) is 11.5. The van der Waals surface area contributed by atoms with Crippen molar-refractivity contribution in [2.75, 3.05) is 7.11 Å². The number of para-hydroxylation sites is 1. The second-order valence-electron chi connectivity index (χ2n) is 4.85. The Kier molecular flexibility index (Phi) is 5.88. The largest absolute Gasteiger partial charge is 0.493 e. The Labute approximate surface area is 143 Å². The van der Waals surface area contributed by atoms with Crippen LogP contribution in [0.2, 0.25) is 0 Å². The summed E-state index contributed by atoms with van der Waals surface area (Å²) in [5, 5.41) is 18.2. The van der Waals surface area contributed by atoms with Crippen LogP contribution in [0.4, 0.5) is 5.69 Å². The molecule has 0 bridgehead atoms. The van der Waals surface area contributed by atoms with Crippen LogP contribution in [-0.4, -0.2) is 24.2 Å². The molecule has 0 aliphatic rings. The fraction of sp³-hybridized carbons (Fsp3) is 0.125. The molecule has 2 rings (SSSR count). The monoisotopic (exact) mass is 343 g/mol. The van der Waals surface area contributed by atoms with Crippen LogP contribution in [-0.2, 0) is 6.61 Å². The molecule has 0 radical (unpaired) electrons. The van der Waals surface area contributed by atoms with E-state index in [9.17, 15) is 10.1 Å². The lowest BCUT2D eigenvalue weighted by Gasteiger charge is -2.11. The molecule has 9 heteroatoms. The summed E-state index contributed by atoms with van der Waals surface area (Å²) in [7, 11) is 1.49. The average Bonchev–Trinajstić information content (AvgIpc) is 2.60. The van der Waals surface area contributed by atoms with Crippen molar-refractivity contribution in [2.45, 2.75) is 6.61 Å². The Balaban J connectivity index is 2.16. The van der Waals surface area contributed by atoms with E-state index < -0.39 is 4.92 Å². The summed E-state index contributed by atoms with van der Waals surface area (Å²) >= 11 is 0. The zero-order chi connectivity index (χ0) is 18.2. The number of benzene rings is 2. The summed E-state index contributed by atoms with van der Waals surface area (Å²) in [5.74, 6) is 0.750. The Morgan fingerprint density at radius 2 is 2.00 bits per heavy atom. The third-order valence-corrected chi connectivity index (χ3v) is 3.14. The van der Waals surface area contributed by atoms with E-state index in [1.165, 1.54) is 19.4 Å². The summed E-state index contributed by atoms with van der Waals surface area (Å²) in [6, 6.07) is 11.5. The third-order valence-electron chi connectivity index (χ3n) is 3.14. The van der Waals surface area contributed by atoms with Crippen molar-refractivity contribution in [3.8, 4) is 11.5 Å². The first-order valence-corrected chi connectivity index (χ1v) is 7.16. The zero-order valence-corrected chi connectivity index (χ0v) is 13.5. The molecule has 9 nitrogen and oxygen atoms in total. The average molecular weight is 343 g/mol. The Morgan fingerprint density at radius 1 is 1.24 bits per heavy atom. The van der Waals surface area contributed by atoms with Crippen LogP contribution in [0.25, 0.3) is 0 Å². The van der Waals surface area contributed by atoms with E-state index in [0.717, 1.165) is 0 Å². The minimum atomic E-state index is -0.445. The highest BCUT2D eigenvalue weighted by Gasteiger charge is 2.14. The summed E-state index contributed by atoms with van der Waals surface area (Å²) in [4.78, 5) is 10.6. The summed E-state index contributed by atoms with van der Waals surface area (Å²) in [6.45, 7) is 0.0367. The molecular weight excluding hydrogens is 326 g/mol. The maximum Gasteiger partial charge on any atom is 0.276 e. The number of guanidine groups is 1. The molecule has 0 aromatic heterocycles. The fourth-order valence-corrected chi connectivity index (χ4v) is 2.01. The van der Waals surface area contributed by atoms with Gasteiger partial charge in [-0.1, -0.05) is 12.1 Å². The van der Waals surface area contributed by atoms with E-state index in [0.29, 0.717) is 22.6 Å². The topological polar surface area (TPSA) is 138 Å². The molecule has 4 N–H and O–H groups in total. The Morgan fingerprint density at radius 3 is 2.68 bits per heavy atom. The summed E-state index contributed by atoms with van der Waals surface area (Å²) in [6.07, 6.45) is 1.45. The van der Waals surface area contributed by atoms with Gasteiger partial charge in [0, 0.05) is 6.07 Å². The molecule has 0 saturated carbocycles. The lowest BCUT2D eigenvalue weighted by Crippen LogP contribution is -2.21. The number of nitrogens with two attached hydrogens (primary N) is 2. The molecule has 0 spiro atoms. The van der Waals surface area contributed by atoms with Gasteiger partial charge in [0.25, 0.3) is 5.69 Å². The van der Waals surface area contributed by atoms with Gasteiger partial charge in [-0.25, -0.2) is 0 Å². The third kappa shape index (κ3) is 4.93. The van der Waals surface area contributed by atoms with Gasteiger partial charge in [0.15, 0.2) is 11.5 Å². The summed E-state index contributed by atoms with van der Waals surface area (Å²) < 4.78 is 10.9. The van der Waals surface area contributed by atoms with Gasteiger partial charge in [-0.05, 0) is 29.8 Å². The van der Waals surface area contributed by atoms with E-state index in [1.54, 1.807) is 36.4 Å². The molecular formula is C16H17N5O4. The van der Waals surface area contributed by atoms with Crippen LogP contribution >= 0.6 is 0 Å². The van der Waals surface area contributed by atoms with Crippen molar-refractivity contribution in [1.82, 2.24) is 0 Å². The molecule has 0 aliphatic heterocycles. The number of methoxy groups -OCH3 is 1. The van der Waals surface area contributed by atoms with Crippen LogP contribution in [0, 0.1) is 10.1 Å². The Hall–Kier alpha value is -3.62. The van der Waals surface area contributed by atoms with Crippen LogP contribution < -0.4 is 20.9 Å². The van der Waals surface area contributed by atoms with Crippen molar-refractivity contribution < 1.29 is 14.4 Å². The van der Waals surface area contributed by atoms with Crippen molar-refractivity contribution in [3.05, 3.63) is 63.7 Å². The van der Waals surface area contributed by atoms with Gasteiger partial charge >= 0.3 is 0 Å². The number of nitro groups is 1. The van der Waals surface area contributed by atoms with Gasteiger partial charge in [0.05, 0.1) is 23.8 Å². The normalized spacial score (nSPS) is 10.4. The molecule has 0 fully saturated rings. The SMILES string of the molecule is COc1cc(C=NN=C(N)N)ccc1OCc1ccccc1[N+](=O)[O-]. The Bertz CT molecular complexity index is 816. The first kappa shape index (κ1) is 17.7. The number of nitro benzene ring substituents is 1. The predicted molar refractivity (Wildman–Crippen MR) is 93.8 cm³/mol. The molecule has 2 aromatic carbocycles. The lowest BCUT2D eigenvalue weighted by atomic mass is 10.2. The molecule has 25 heavy (non-hydrogen) atoms. The van der Waals surface area contributed by atoms with Crippen LogP contribution in [0.5, 0.6) is 11.5 Å². The van der Waals surface area contributed by atoms with Gasteiger partial charge < -0.3 is 20.9 Å². The standard InChI is InChI=1S/C16H17N5O4/c1-24-15-8-11(9-19-20-16(17)18)6-7-14(15)25-10-12-4-2-3-5-13(12)21(22)23/h2-9H,10H2,1H3,(H4,17,18,20). The smallest absolute Gasteiger partial charge is 0.276 e. The van der Waals surface area contributed by atoms with Gasteiger partial charge in [-0.2, -0.15) is 5.10 Å². The second-order valence-corrected chi connectivity index (χ2v) is 4.85. The maximum atomic E-state index is 11.0. The molecule has 0 heterocycles. The van der Waals surface area contributed by atoms with Gasteiger partial charge in [-0.15, -0.1) is 5.10 Å². The van der Waals surface area contributed by atoms with E-state index in [2.05, 4.69) is 10.2 Å². The number of ether oxygens (including phenoxy) is 2. The van der Waals surface area contributed by atoms with Crippen molar-refractivity contribution in [2.24, 2.45) is 21.7 Å². The first-order chi connectivity index (χ1) is 12.0. The molecule has 130 valence electrons. The van der Waals surface area contributed by atoms with Gasteiger partial charge in [0.2, 0.25) is 5.96 Å². The lowest BCUT2D eigenvalue weighted by molar-refractivity contribution is -0.385. The molecule has 0 atom stereocenters. The first-order valence-electron chi connectivity index (χ1n) is 7.16. The van der Waals surface area contributed by atoms with E-state index in [4.69, 9.17) is 20.9 Å². The minimum Gasteiger partial charge on any atom is -0.493 e. The van der Waals surface area contributed by atoms with Crippen LogP contribution in [0.1, 0.15) is 11.1 Å². The minimum absolute atomic E-state index is 0.00227. The van der Waals surface area contributed by atoms with Crippen LogP contribution in [0.3, 0.4) is 0 Å².